The number of nitrogens with zero attached hydrogens (tertiary/aromatic N) is 4. The van der Waals surface area contributed by atoms with Gasteiger partial charge in [-0.05, 0) is 67.0 Å². The molecule has 32 heavy (non-hydrogen) atoms. The minimum atomic E-state index is -0.301. The second-order valence-electron chi connectivity index (χ2n) is 8.80. The van der Waals surface area contributed by atoms with Gasteiger partial charge in [0.05, 0.1) is 11.6 Å². The third-order valence-electron chi connectivity index (χ3n) is 6.89. The van der Waals surface area contributed by atoms with Gasteiger partial charge in [-0.25, -0.2) is 8.91 Å². The Balaban J connectivity index is 1.08. The van der Waals surface area contributed by atoms with Crippen molar-refractivity contribution in [2.75, 3.05) is 5.32 Å². The van der Waals surface area contributed by atoms with Crippen LogP contribution < -0.4 is 10.1 Å². The predicted molar refractivity (Wildman–Crippen MR) is 117 cm³/mol. The standard InChI is InChI=1S/C24H22FN5O2/c1-13(23(31)28-24-27-21-4-2-3-9-30(21)29-24)22-16-11-15(12-17(16)22)32-20-7-8-26-19-6-5-14(25)10-18(19)20/h2-10,13,15-17,22H,11-12H2,1H3,(H,28,29,31)/t13?,15-,16-,17+,22-. The second-order valence-corrected chi connectivity index (χ2v) is 8.80. The van der Waals surface area contributed by atoms with E-state index >= 15 is 0 Å². The van der Waals surface area contributed by atoms with Crippen molar-refractivity contribution in [1.29, 1.82) is 0 Å². The molecule has 0 spiro atoms. The molecule has 2 saturated carbocycles. The molecule has 7 nitrogen and oxygen atoms in total. The van der Waals surface area contributed by atoms with Gasteiger partial charge in [0.2, 0.25) is 11.9 Å². The van der Waals surface area contributed by atoms with Crippen molar-refractivity contribution >= 4 is 28.4 Å². The second kappa shape index (κ2) is 7.25. The summed E-state index contributed by atoms with van der Waals surface area (Å²) in [5.41, 5.74) is 1.41. The van der Waals surface area contributed by atoms with Crippen molar-refractivity contribution in [3.63, 3.8) is 0 Å². The molecule has 2 aliphatic carbocycles. The van der Waals surface area contributed by atoms with Gasteiger partial charge >= 0.3 is 0 Å². The number of hydrogen-bond donors (Lipinski definition) is 1. The maximum absolute atomic E-state index is 13.7. The first kappa shape index (κ1) is 19.2. The van der Waals surface area contributed by atoms with Gasteiger partial charge in [-0.15, -0.1) is 5.10 Å². The summed E-state index contributed by atoms with van der Waals surface area (Å²) in [5.74, 6) is 1.82. The number of ether oxygens (including phenoxy) is 1. The zero-order chi connectivity index (χ0) is 21.8. The third-order valence-corrected chi connectivity index (χ3v) is 6.89. The van der Waals surface area contributed by atoms with Gasteiger partial charge in [-0.3, -0.25) is 15.1 Å². The van der Waals surface area contributed by atoms with E-state index < -0.39 is 0 Å². The summed E-state index contributed by atoms with van der Waals surface area (Å²) in [6, 6.07) is 11.9. The molecule has 0 bridgehead atoms. The maximum Gasteiger partial charge on any atom is 0.249 e. The fourth-order valence-electron chi connectivity index (χ4n) is 5.34. The SMILES string of the molecule is CC(C(=O)Nc1nc2ccccn2n1)[C@@H]1[C@@H]2C[C@@H](Oc3ccnc4ccc(F)cc34)C[C@@H]21. The Morgan fingerprint density at radius 1 is 1.22 bits per heavy atom. The topological polar surface area (TPSA) is 81.4 Å². The Bertz CT molecular complexity index is 1290. The normalized spacial score (nSPS) is 24.9. The number of benzene rings is 1. The summed E-state index contributed by atoms with van der Waals surface area (Å²) in [7, 11) is 0. The lowest BCUT2D eigenvalue weighted by Gasteiger charge is -2.20. The van der Waals surface area contributed by atoms with Crippen LogP contribution >= 0.6 is 0 Å². The van der Waals surface area contributed by atoms with Crippen LogP contribution in [-0.2, 0) is 4.79 Å². The van der Waals surface area contributed by atoms with Crippen LogP contribution in [0.2, 0.25) is 0 Å². The van der Waals surface area contributed by atoms with Crippen LogP contribution in [0.3, 0.4) is 0 Å². The Morgan fingerprint density at radius 2 is 2.06 bits per heavy atom. The lowest BCUT2D eigenvalue weighted by Crippen LogP contribution is -2.26. The molecular weight excluding hydrogens is 409 g/mol. The highest BCUT2D eigenvalue weighted by atomic mass is 19.1. The van der Waals surface area contributed by atoms with Crippen LogP contribution in [0.5, 0.6) is 5.75 Å². The molecule has 0 aliphatic heterocycles. The van der Waals surface area contributed by atoms with E-state index in [2.05, 4.69) is 20.4 Å². The van der Waals surface area contributed by atoms with Gasteiger partial charge in [0, 0.05) is 23.7 Å². The molecule has 3 heterocycles. The summed E-state index contributed by atoms with van der Waals surface area (Å²) in [4.78, 5) is 21.4. The van der Waals surface area contributed by atoms with Crippen LogP contribution in [0.4, 0.5) is 10.3 Å². The minimum absolute atomic E-state index is 0.0478. The van der Waals surface area contributed by atoms with E-state index in [9.17, 15) is 9.18 Å². The first-order valence-corrected chi connectivity index (χ1v) is 10.9. The fourth-order valence-corrected chi connectivity index (χ4v) is 5.34. The van der Waals surface area contributed by atoms with E-state index in [1.165, 1.54) is 12.1 Å². The number of anilines is 1. The van der Waals surface area contributed by atoms with E-state index in [0.29, 0.717) is 40.5 Å². The number of halogens is 1. The number of fused-ring (bicyclic) bond motifs is 3. The van der Waals surface area contributed by atoms with Gasteiger partial charge in [0.1, 0.15) is 11.6 Å². The number of aromatic nitrogens is 4. The van der Waals surface area contributed by atoms with E-state index in [0.717, 1.165) is 18.4 Å². The molecule has 1 N–H and O–H groups in total. The lowest BCUT2D eigenvalue weighted by molar-refractivity contribution is -0.120. The van der Waals surface area contributed by atoms with Crippen LogP contribution in [0.1, 0.15) is 19.8 Å². The maximum atomic E-state index is 13.7. The van der Waals surface area contributed by atoms with Crippen LogP contribution in [0.15, 0.2) is 54.9 Å². The molecule has 3 aromatic heterocycles. The predicted octanol–water partition coefficient (Wildman–Crippen LogP) is 4.09. The highest BCUT2D eigenvalue weighted by Crippen LogP contribution is 2.61. The number of carbonyl (C=O) groups is 1. The number of nitrogens with one attached hydrogen (secondary N) is 1. The van der Waals surface area contributed by atoms with E-state index in [-0.39, 0.29) is 23.7 Å². The molecule has 2 fully saturated rings. The number of pyridine rings is 2. The van der Waals surface area contributed by atoms with Gasteiger partial charge < -0.3 is 4.74 Å². The zero-order valence-corrected chi connectivity index (χ0v) is 17.5. The molecule has 8 heteroatoms. The van der Waals surface area contributed by atoms with Gasteiger partial charge in [0.25, 0.3) is 0 Å². The van der Waals surface area contributed by atoms with Crippen molar-refractivity contribution in [2.24, 2.45) is 23.7 Å². The molecule has 5 atom stereocenters. The third kappa shape index (κ3) is 3.26. The Kier molecular flexibility index (Phi) is 4.34. The van der Waals surface area contributed by atoms with E-state index in [4.69, 9.17) is 4.74 Å². The lowest BCUT2D eigenvalue weighted by atomic mass is 9.97. The molecule has 6 rings (SSSR count). The molecule has 0 saturated heterocycles. The number of carbonyl (C=O) groups excluding carboxylic acids is 1. The van der Waals surface area contributed by atoms with Crippen molar-refractivity contribution in [3.8, 4) is 5.75 Å². The van der Waals surface area contributed by atoms with Gasteiger partial charge in [0.15, 0.2) is 5.65 Å². The van der Waals surface area contributed by atoms with Crippen LogP contribution in [0, 0.1) is 29.5 Å². The van der Waals surface area contributed by atoms with Crippen LogP contribution in [-0.4, -0.2) is 31.6 Å². The summed E-state index contributed by atoms with van der Waals surface area (Å²) >= 11 is 0. The highest BCUT2D eigenvalue weighted by Gasteiger charge is 2.59. The Hall–Kier alpha value is -3.55. The molecule has 1 amide bonds. The number of amides is 1. The number of hydrogen-bond acceptors (Lipinski definition) is 5. The molecule has 162 valence electrons. The summed E-state index contributed by atoms with van der Waals surface area (Å²) in [6.45, 7) is 1.98. The highest BCUT2D eigenvalue weighted by molar-refractivity contribution is 5.91. The smallest absolute Gasteiger partial charge is 0.249 e. The Labute approximate surface area is 183 Å². The number of rotatable bonds is 5. The van der Waals surface area contributed by atoms with Crippen molar-refractivity contribution in [1.82, 2.24) is 19.6 Å². The van der Waals surface area contributed by atoms with E-state index in [1.54, 1.807) is 29.0 Å². The first-order chi connectivity index (χ1) is 15.6. The van der Waals surface area contributed by atoms with Crippen molar-refractivity contribution in [3.05, 3.63) is 60.7 Å². The summed E-state index contributed by atoms with van der Waals surface area (Å²) in [5, 5.41) is 7.85. The van der Waals surface area contributed by atoms with Gasteiger partial charge in [-0.2, -0.15) is 4.98 Å². The molecule has 0 radical (unpaired) electrons. The fraction of sp³-hybridized carbons (Fsp3) is 0.333. The van der Waals surface area contributed by atoms with Crippen molar-refractivity contribution < 1.29 is 13.9 Å². The largest absolute Gasteiger partial charge is 0.490 e. The van der Waals surface area contributed by atoms with Crippen molar-refractivity contribution in [2.45, 2.75) is 25.9 Å². The molecular formula is C24H22FN5O2. The molecule has 2 aliphatic rings. The average Bonchev–Trinajstić information content (AvgIpc) is 3.10. The van der Waals surface area contributed by atoms with Crippen LogP contribution in [0.25, 0.3) is 16.6 Å². The Morgan fingerprint density at radius 3 is 2.88 bits per heavy atom. The molecule has 4 aromatic rings. The first-order valence-electron chi connectivity index (χ1n) is 10.9. The van der Waals surface area contributed by atoms with Gasteiger partial charge in [-0.1, -0.05) is 13.0 Å². The zero-order valence-electron chi connectivity index (χ0n) is 17.5. The quantitative estimate of drug-likeness (QED) is 0.515. The summed E-state index contributed by atoms with van der Waals surface area (Å²) in [6.07, 6.45) is 5.36. The molecule has 1 unspecified atom stereocenters. The molecule has 1 aromatic carbocycles. The van der Waals surface area contributed by atoms with E-state index in [1.807, 2.05) is 25.1 Å². The average molecular weight is 431 g/mol. The minimum Gasteiger partial charge on any atom is -0.490 e. The summed E-state index contributed by atoms with van der Waals surface area (Å²) < 4.78 is 21.6. The monoisotopic (exact) mass is 431 g/mol.